The monoisotopic (exact) mass is 583 g/mol. The Morgan fingerprint density at radius 3 is 0.861 bits per heavy atom. The predicted octanol–water partition coefficient (Wildman–Crippen LogP) is 5.27. The van der Waals surface area contributed by atoms with Crippen LogP contribution in [0.4, 0.5) is 17.3 Å². The fraction of sp³-hybridized carbons (Fsp3) is 0.148. The summed E-state index contributed by atoms with van der Waals surface area (Å²) in [5.41, 5.74) is 1.40. The first-order valence-corrected chi connectivity index (χ1v) is 10.9. The van der Waals surface area contributed by atoms with Gasteiger partial charge in [-0.25, -0.2) is 0 Å². The maximum atomic E-state index is 9.75. The van der Waals surface area contributed by atoms with E-state index >= 15 is 0 Å². The van der Waals surface area contributed by atoms with Gasteiger partial charge in [0.25, 0.3) is 0 Å². The van der Waals surface area contributed by atoms with Crippen molar-refractivity contribution in [2.75, 3.05) is 26.3 Å². The van der Waals surface area contributed by atoms with Gasteiger partial charge in [0.15, 0.2) is 13.1 Å². The second-order valence-electron chi connectivity index (χ2n) is 6.70. The Hall–Kier alpha value is 0.194. The van der Waals surface area contributed by atoms with Crippen LogP contribution in [0.5, 0.6) is 0 Å². The summed E-state index contributed by atoms with van der Waals surface area (Å²) in [5, 5.41) is 0. The van der Waals surface area contributed by atoms with Crippen molar-refractivity contribution in [3.63, 3.8) is 0 Å². The van der Waals surface area contributed by atoms with Crippen LogP contribution in [-0.2, 0) is 38.9 Å². The SMILES string of the molecule is F[B-](F)(F)F.[CH-]1[CH-]C1=[N+]1CCOCC1.[CH]1[CH][CH][CH][CH]1.[CH]1[CH][CH][CH][CH]1.[CH]1[CH][CH][CH][CH]1.[CH]1[CH][CH][CH][CH]1.[Fe].[Fe]. The zero-order valence-corrected chi connectivity index (χ0v) is 21.9. The van der Waals surface area contributed by atoms with Gasteiger partial charge in [-0.1, -0.05) is 0 Å². The normalized spacial score (nSPS) is 21.2. The smallest absolute Gasteiger partial charge is 0.479 e. The van der Waals surface area contributed by atoms with E-state index < -0.39 is 7.25 Å². The molecular formula is C27H30BF4Fe2NO-2. The molecule has 0 N–H and O–H groups in total. The molecule has 1 aliphatic heterocycles. The zero-order chi connectivity index (χ0) is 24.7. The van der Waals surface area contributed by atoms with Crippen molar-refractivity contribution in [2.45, 2.75) is 0 Å². The van der Waals surface area contributed by atoms with E-state index in [1.807, 2.05) is 128 Å². The maximum Gasteiger partial charge on any atom is 0.673 e. The summed E-state index contributed by atoms with van der Waals surface area (Å²) in [7, 11) is -6.00. The molecule has 1 heterocycles. The van der Waals surface area contributed by atoms with Crippen molar-refractivity contribution in [1.82, 2.24) is 0 Å². The number of ether oxygens (including phenoxy) is 1. The summed E-state index contributed by atoms with van der Waals surface area (Å²) >= 11 is 0. The summed E-state index contributed by atoms with van der Waals surface area (Å²) in [6.07, 6.45) is 44.3. The molecule has 0 aromatic rings. The summed E-state index contributed by atoms with van der Waals surface area (Å²) in [4.78, 5) is 0. The van der Waals surface area contributed by atoms with Crippen LogP contribution in [0.25, 0.3) is 0 Å². The molecule has 2 nitrogen and oxygen atoms in total. The van der Waals surface area contributed by atoms with Crippen molar-refractivity contribution in [3.8, 4) is 0 Å². The molecule has 0 aromatic carbocycles. The first kappa shape index (κ1) is 38.3. The van der Waals surface area contributed by atoms with E-state index in [1.165, 1.54) is 5.71 Å². The summed E-state index contributed by atoms with van der Waals surface area (Å²) < 4.78 is 46.5. The van der Waals surface area contributed by atoms with Gasteiger partial charge in [-0.3, -0.25) is 4.58 Å². The molecule has 6 aliphatic rings. The van der Waals surface area contributed by atoms with Gasteiger partial charge >= 0.3 is 7.25 Å². The van der Waals surface area contributed by atoms with Crippen molar-refractivity contribution in [3.05, 3.63) is 141 Å². The number of morpholine rings is 1. The van der Waals surface area contributed by atoms with Gasteiger partial charge in [-0.2, -0.15) is 5.71 Å². The van der Waals surface area contributed by atoms with Crippen LogP contribution < -0.4 is 0 Å². The van der Waals surface area contributed by atoms with E-state index in [-0.39, 0.29) is 34.1 Å². The summed E-state index contributed by atoms with van der Waals surface area (Å²) in [6, 6.07) is 0. The predicted molar refractivity (Wildman–Crippen MR) is 131 cm³/mol. The largest absolute Gasteiger partial charge is 0.673 e. The van der Waals surface area contributed by atoms with Crippen molar-refractivity contribution < 1.29 is 60.7 Å². The molecule has 36 heavy (non-hydrogen) atoms. The average molecular weight is 583 g/mol. The Balaban J connectivity index is 0. The molecule has 5 saturated carbocycles. The number of halogens is 4. The van der Waals surface area contributed by atoms with E-state index in [2.05, 4.69) is 17.4 Å². The van der Waals surface area contributed by atoms with E-state index in [4.69, 9.17) is 4.74 Å². The molecule has 0 unspecified atom stereocenters. The van der Waals surface area contributed by atoms with Gasteiger partial charge in [0.2, 0.25) is 0 Å². The first-order chi connectivity index (χ1) is 16.5. The third-order valence-electron chi connectivity index (χ3n) is 3.91. The minimum atomic E-state index is -6.00. The minimum Gasteiger partial charge on any atom is -0.479 e. The van der Waals surface area contributed by atoms with Gasteiger partial charge in [0.1, 0.15) is 13.2 Å². The van der Waals surface area contributed by atoms with Crippen LogP contribution in [0.3, 0.4) is 0 Å². The summed E-state index contributed by atoms with van der Waals surface area (Å²) in [5.74, 6) is 0. The molecule has 5 aliphatic carbocycles. The van der Waals surface area contributed by atoms with E-state index in [0.717, 1.165) is 26.3 Å². The van der Waals surface area contributed by atoms with Gasteiger partial charge in [0.05, 0.1) is 0 Å². The van der Waals surface area contributed by atoms with Crippen LogP contribution >= 0.6 is 0 Å². The Labute approximate surface area is 240 Å². The second kappa shape index (κ2) is 26.8. The number of hydrogen-bond acceptors (Lipinski definition) is 1. The van der Waals surface area contributed by atoms with Crippen molar-refractivity contribution >= 4 is 13.0 Å². The Kier molecular flexibility index (Phi) is 28.5. The van der Waals surface area contributed by atoms with Crippen LogP contribution in [0.2, 0.25) is 0 Å². The molecular weight excluding hydrogens is 553 g/mol. The third kappa shape index (κ3) is 30.4. The molecule has 6 fully saturated rings. The summed E-state index contributed by atoms with van der Waals surface area (Å²) in [6.45, 7) is 3.93. The average Bonchev–Trinajstić information content (AvgIpc) is 3.51. The molecule has 0 atom stereocenters. The standard InChI is InChI=1S/C7H10NO.4C5H5.BF4.2Fe/c1-2-7(1)8-3-5-9-6-4-8;4*1-2-4-5-3-1;2-1(3,4)5;;/h1-2H,3-6H2;4*1-5H;;;/q-1;;;;;-1;;. The molecule has 0 aromatic heterocycles. The quantitative estimate of drug-likeness (QED) is 0.164. The second-order valence-corrected chi connectivity index (χ2v) is 6.70. The zero-order valence-electron chi connectivity index (χ0n) is 19.7. The van der Waals surface area contributed by atoms with Gasteiger partial charge < -0.3 is 34.8 Å². The molecule has 6 rings (SSSR count). The van der Waals surface area contributed by atoms with Gasteiger partial charge in [-0.15, -0.1) is 0 Å². The number of nitrogens with zero attached hydrogens (tertiary/aromatic N) is 1. The van der Waals surface area contributed by atoms with Crippen LogP contribution in [0, 0.1) is 141 Å². The van der Waals surface area contributed by atoms with E-state index in [1.54, 1.807) is 0 Å². The third-order valence-corrected chi connectivity index (χ3v) is 3.91. The Bertz CT molecular complexity index is 404. The van der Waals surface area contributed by atoms with E-state index in [0.29, 0.717) is 0 Å². The molecule has 0 amide bonds. The van der Waals surface area contributed by atoms with E-state index in [9.17, 15) is 17.3 Å². The molecule has 0 bridgehead atoms. The molecule has 9 heteroatoms. The van der Waals surface area contributed by atoms with Crippen molar-refractivity contribution in [2.24, 2.45) is 0 Å². The fourth-order valence-electron chi connectivity index (χ4n) is 2.35. The molecule has 20 radical (unpaired) electrons. The molecule has 1 saturated heterocycles. The number of hydrogen-bond donors (Lipinski definition) is 0. The first-order valence-electron chi connectivity index (χ1n) is 10.9. The van der Waals surface area contributed by atoms with Gasteiger partial charge in [0, 0.05) is 34.1 Å². The fourth-order valence-corrected chi connectivity index (χ4v) is 2.35. The molecule has 198 valence electrons. The van der Waals surface area contributed by atoms with Crippen LogP contribution in [-0.4, -0.2) is 43.8 Å². The van der Waals surface area contributed by atoms with Crippen LogP contribution in [0.15, 0.2) is 0 Å². The number of rotatable bonds is 0. The van der Waals surface area contributed by atoms with Crippen molar-refractivity contribution in [1.29, 1.82) is 0 Å². The Morgan fingerprint density at radius 2 is 0.694 bits per heavy atom. The van der Waals surface area contributed by atoms with Crippen LogP contribution in [0.1, 0.15) is 0 Å². The minimum absolute atomic E-state index is 0. The Morgan fingerprint density at radius 1 is 0.500 bits per heavy atom. The molecule has 0 spiro atoms. The van der Waals surface area contributed by atoms with Gasteiger partial charge in [-0.05, 0) is 128 Å². The topological polar surface area (TPSA) is 12.2 Å². The maximum absolute atomic E-state index is 9.75.